The molecule has 0 saturated carbocycles. The van der Waals surface area contributed by atoms with Gasteiger partial charge in [0.05, 0.1) is 35.9 Å². The Morgan fingerprint density at radius 2 is 2.17 bits per heavy atom. The van der Waals surface area contributed by atoms with Crippen molar-refractivity contribution in [3.63, 3.8) is 0 Å². The first-order valence-electron chi connectivity index (χ1n) is 6.84. The largest absolute Gasteiger partial charge is 0.403 e. The summed E-state index contributed by atoms with van der Waals surface area (Å²) < 4.78 is 51.0. The lowest BCUT2D eigenvalue weighted by Crippen LogP contribution is -2.36. The Morgan fingerprint density at radius 3 is 2.71 bits per heavy atom. The number of amides is 1. The number of nitrogens with zero attached hydrogens (tertiary/aromatic N) is 3. The van der Waals surface area contributed by atoms with Gasteiger partial charge in [0.2, 0.25) is 5.91 Å². The fourth-order valence-electron chi connectivity index (χ4n) is 2.00. The quantitative estimate of drug-likeness (QED) is 0.887. The fraction of sp³-hybridized carbons (Fsp3) is 0.357. The molecule has 2 unspecified atom stereocenters. The van der Waals surface area contributed by atoms with Gasteiger partial charge in [0.15, 0.2) is 0 Å². The lowest BCUT2D eigenvalue weighted by Gasteiger charge is -2.17. The fourth-order valence-corrected chi connectivity index (χ4v) is 2.76. The normalized spacial score (nSPS) is 14.2. The van der Waals surface area contributed by atoms with E-state index >= 15 is 0 Å². The van der Waals surface area contributed by atoms with E-state index in [1.54, 1.807) is 31.5 Å². The van der Waals surface area contributed by atoms with Gasteiger partial charge in [-0.2, -0.15) is 18.3 Å². The van der Waals surface area contributed by atoms with Crippen LogP contribution in [0.15, 0.2) is 30.7 Å². The molecule has 0 aliphatic heterocycles. The third-order valence-corrected chi connectivity index (χ3v) is 4.46. The zero-order valence-corrected chi connectivity index (χ0v) is 13.7. The van der Waals surface area contributed by atoms with Crippen LogP contribution in [0.4, 0.5) is 18.9 Å². The molecule has 0 spiro atoms. The molecule has 2 heterocycles. The highest BCUT2D eigenvalue weighted by Gasteiger charge is 2.43. The Labute approximate surface area is 138 Å². The van der Waals surface area contributed by atoms with Crippen LogP contribution in [-0.2, 0) is 15.6 Å². The third kappa shape index (κ3) is 4.40. The maximum Gasteiger partial charge on any atom is 0.403 e. The van der Waals surface area contributed by atoms with Crippen LogP contribution in [0.5, 0.6) is 0 Å². The van der Waals surface area contributed by atoms with Crippen LogP contribution in [-0.4, -0.2) is 42.6 Å². The Kier molecular flexibility index (Phi) is 5.37. The highest BCUT2D eigenvalue weighted by molar-refractivity contribution is 7.85. The van der Waals surface area contributed by atoms with Gasteiger partial charge >= 0.3 is 6.18 Å². The summed E-state index contributed by atoms with van der Waals surface area (Å²) in [5.41, 5.74) is 1.36. The van der Waals surface area contributed by atoms with Crippen LogP contribution < -0.4 is 5.32 Å². The lowest BCUT2D eigenvalue weighted by molar-refractivity contribution is -0.138. The van der Waals surface area contributed by atoms with Gasteiger partial charge in [-0.15, -0.1) is 0 Å². The molecule has 2 aromatic rings. The highest BCUT2D eigenvalue weighted by atomic mass is 32.2. The van der Waals surface area contributed by atoms with E-state index in [-0.39, 0.29) is 5.69 Å². The number of pyridine rings is 1. The minimum atomic E-state index is -4.70. The molecule has 0 radical (unpaired) electrons. The van der Waals surface area contributed by atoms with Crippen LogP contribution in [0.25, 0.3) is 5.69 Å². The maximum atomic E-state index is 12.8. The molecule has 2 rings (SSSR count). The summed E-state index contributed by atoms with van der Waals surface area (Å²) in [5.74, 6) is -0.874. The molecule has 1 amide bonds. The van der Waals surface area contributed by atoms with Crippen molar-refractivity contribution < 1.29 is 22.2 Å². The lowest BCUT2D eigenvalue weighted by atomic mass is 10.2. The number of aromatic nitrogens is 3. The van der Waals surface area contributed by atoms with Crippen LogP contribution in [0.3, 0.4) is 0 Å². The summed E-state index contributed by atoms with van der Waals surface area (Å²) in [6.07, 6.45) is -0.0640. The Balaban J connectivity index is 2.12. The van der Waals surface area contributed by atoms with Crippen LogP contribution >= 0.6 is 0 Å². The van der Waals surface area contributed by atoms with E-state index < -0.39 is 34.6 Å². The number of hydrogen-bond acceptors (Lipinski definition) is 4. The predicted molar refractivity (Wildman–Crippen MR) is 83.3 cm³/mol. The van der Waals surface area contributed by atoms with Gasteiger partial charge in [0.1, 0.15) is 5.25 Å². The summed E-state index contributed by atoms with van der Waals surface area (Å²) in [7, 11) is -2.20. The summed E-state index contributed by atoms with van der Waals surface area (Å²) in [5, 5.41) is 4.35. The van der Waals surface area contributed by atoms with Crippen LogP contribution in [0.1, 0.15) is 12.1 Å². The Bertz CT molecular complexity index is 746. The van der Waals surface area contributed by atoms with E-state index in [2.05, 4.69) is 15.4 Å². The van der Waals surface area contributed by atoms with Gasteiger partial charge in [0.25, 0.3) is 0 Å². The third-order valence-electron chi connectivity index (χ3n) is 3.22. The topological polar surface area (TPSA) is 76.9 Å². The van der Waals surface area contributed by atoms with Crippen molar-refractivity contribution in [2.45, 2.75) is 24.8 Å². The number of aryl methyl sites for hydroxylation is 1. The van der Waals surface area contributed by atoms with Crippen molar-refractivity contribution in [3.8, 4) is 5.69 Å². The number of carbonyl (C=O) groups is 1. The average Bonchev–Trinajstić information content (AvgIpc) is 2.85. The van der Waals surface area contributed by atoms with Gasteiger partial charge in [-0.3, -0.25) is 14.0 Å². The van der Waals surface area contributed by atoms with E-state index in [4.69, 9.17) is 0 Å². The summed E-state index contributed by atoms with van der Waals surface area (Å²) in [6, 6.07) is 3.44. The second-order valence-corrected chi connectivity index (χ2v) is 6.63. The summed E-state index contributed by atoms with van der Waals surface area (Å²) >= 11 is 0. The average molecular weight is 360 g/mol. The van der Waals surface area contributed by atoms with Crippen molar-refractivity contribution in [1.82, 2.24) is 14.8 Å². The molecule has 1 N–H and O–H groups in total. The van der Waals surface area contributed by atoms with Crippen LogP contribution in [0.2, 0.25) is 0 Å². The number of nitrogens with one attached hydrogen (secondary N) is 1. The van der Waals surface area contributed by atoms with E-state index in [0.29, 0.717) is 11.4 Å². The SMILES string of the molecule is Cc1nn(-c2cccnc2)cc1NC(=O)CC(S(C)=O)C(F)(F)F. The molecule has 0 saturated heterocycles. The monoisotopic (exact) mass is 360 g/mol. The maximum absolute atomic E-state index is 12.8. The Hall–Kier alpha value is -2.23. The Morgan fingerprint density at radius 1 is 1.46 bits per heavy atom. The first-order chi connectivity index (χ1) is 11.2. The van der Waals surface area contributed by atoms with Crippen molar-refractivity contribution in [3.05, 3.63) is 36.4 Å². The van der Waals surface area contributed by atoms with Gasteiger partial charge < -0.3 is 5.32 Å². The molecule has 2 atom stereocenters. The molecule has 0 aromatic carbocycles. The standard InChI is InChI=1S/C14H15F3N4O2S/c1-9-11(8-21(20-9)10-4-3-5-18-7-10)19-13(22)6-12(24(2)23)14(15,16)17/h3-5,7-8,12H,6H2,1-2H3,(H,19,22). The highest BCUT2D eigenvalue weighted by Crippen LogP contribution is 2.27. The van der Waals surface area contributed by atoms with E-state index in [1.807, 2.05) is 0 Å². The van der Waals surface area contributed by atoms with Crippen molar-refractivity contribution in [2.24, 2.45) is 0 Å². The smallest absolute Gasteiger partial charge is 0.323 e. The first kappa shape index (κ1) is 18.1. The van der Waals surface area contributed by atoms with Crippen molar-refractivity contribution in [2.75, 3.05) is 11.6 Å². The predicted octanol–water partition coefficient (Wildman–Crippen LogP) is 2.21. The number of halogens is 3. The van der Waals surface area contributed by atoms with Gasteiger partial charge in [-0.25, -0.2) is 4.68 Å². The molecular weight excluding hydrogens is 345 g/mol. The zero-order chi connectivity index (χ0) is 17.9. The second kappa shape index (κ2) is 7.12. The number of hydrogen-bond donors (Lipinski definition) is 1. The number of anilines is 1. The minimum absolute atomic E-state index is 0.284. The molecule has 24 heavy (non-hydrogen) atoms. The minimum Gasteiger partial charge on any atom is -0.323 e. The zero-order valence-electron chi connectivity index (χ0n) is 12.9. The van der Waals surface area contributed by atoms with Gasteiger partial charge in [0, 0.05) is 23.3 Å². The van der Waals surface area contributed by atoms with Crippen molar-refractivity contribution in [1.29, 1.82) is 0 Å². The van der Waals surface area contributed by atoms with E-state index in [1.165, 1.54) is 10.9 Å². The molecule has 0 fully saturated rings. The van der Waals surface area contributed by atoms with E-state index in [9.17, 15) is 22.2 Å². The summed E-state index contributed by atoms with van der Waals surface area (Å²) in [6.45, 7) is 1.61. The second-order valence-electron chi connectivity index (χ2n) is 5.07. The molecular formula is C14H15F3N4O2S. The first-order valence-corrected chi connectivity index (χ1v) is 8.46. The molecule has 0 aliphatic carbocycles. The number of alkyl halides is 3. The number of rotatable bonds is 5. The molecule has 6 nitrogen and oxygen atoms in total. The molecule has 2 aromatic heterocycles. The molecule has 0 bridgehead atoms. The van der Waals surface area contributed by atoms with E-state index in [0.717, 1.165) is 6.26 Å². The summed E-state index contributed by atoms with van der Waals surface area (Å²) in [4.78, 5) is 15.8. The molecule has 0 aliphatic rings. The number of carbonyl (C=O) groups excluding carboxylic acids is 1. The van der Waals surface area contributed by atoms with Crippen molar-refractivity contribution >= 4 is 22.4 Å². The van der Waals surface area contributed by atoms with Crippen LogP contribution in [0, 0.1) is 6.92 Å². The van der Waals surface area contributed by atoms with Gasteiger partial charge in [-0.1, -0.05) is 0 Å². The molecule has 10 heteroatoms. The van der Waals surface area contributed by atoms with Gasteiger partial charge in [-0.05, 0) is 19.1 Å². The molecule has 130 valence electrons.